The van der Waals surface area contributed by atoms with Crippen LogP contribution in [0.2, 0.25) is 0 Å². The molecular formula is C17H21N3O3. The third-order valence-electron chi connectivity index (χ3n) is 4.16. The summed E-state index contributed by atoms with van der Waals surface area (Å²) >= 11 is 0. The van der Waals surface area contributed by atoms with E-state index in [9.17, 15) is 15.0 Å². The average Bonchev–Trinajstić information content (AvgIpc) is 2.50. The number of aromatic amines is 1. The van der Waals surface area contributed by atoms with Crippen molar-refractivity contribution in [2.45, 2.75) is 39.3 Å². The number of hydrogen-bond acceptors (Lipinski definition) is 5. The molecule has 6 heteroatoms. The van der Waals surface area contributed by atoms with E-state index in [4.69, 9.17) is 0 Å². The Balaban J connectivity index is 1.81. The number of hydrogen-bond donors (Lipinski definition) is 3. The molecule has 1 aromatic heterocycles. The van der Waals surface area contributed by atoms with Crippen LogP contribution >= 0.6 is 0 Å². The summed E-state index contributed by atoms with van der Waals surface area (Å²) in [6.45, 7) is 6.02. The van der Waals surface area contributed by atoms with Gasteiger partial charge in [-0.1, -0.05) is 19.9 Å². The SMILES string of the molecule is CC(C)c1nc2c(c(=O)[nH]1)CCN(Cc1ccc(O)c(O)c1)C2. The van der Waals surface area contributed by atoms with Crippen molar-refractivity contribution < 1.29 is 10.2 Å². The van der Waals surface area contributed by atoms with E-state index in [1.54, 1.807) is 12.1 Å². The van der Waals surface area contributed by atoms with Gasteiger partial charge in [-0.15, -0.1) is 0 Å². The highest BCUT2D eigenvalue weighted by atomic mass is 16.3. The van der Waals surface area contributed by atoms with Gasteiger partial charge in [0.1, 0.15) is 5.82 Å². The molecule has 0 spiro atoms. The molecule has 1 aliphatic heterocycles. The van der Waals surface area contributed by atoms with Crippen LogP contribution in [0, 0.1) is 0 Å². The first-order chi connectivity index (χ1) is 10.9. The summed E-state index contributed by atoms with van der Waals surface area (Å²) in [5, 5.41) is 19.0. The number of aromatic nitrogens is 2. The van der Waals surface area contributed by atoms with Crippen LogP contribution in [0.4, 0.5) is 0 Å². The highest BCUT2D eigenvalue weighted by Gasteiger charge is 2.21. The molecule has 0 fully saturated rings. The Hall–Kier alpha value is -2.34. The van der Waals surface area contributed by atoms with Crippen molar-refractivity contribution >= 4 is 0 Å². The highest BCUT2D eigenvalue weighted by molar-refractivity contribution is 5.40. The molecule has 0 saturated heterocycles. The van der Waals surface area contributed by atoms with Crippen LogP contribution < -0.4 is 5.56 Å². The zero-order chi connectivity index (χ0) is 16.6. The van der Waals surface area contributed by atoms with E-state index < -0.39 is 0 Å². The van der Waals surface area contributed by atoms with Crippen LogP contribution in [-0.2, 0) is 19.5 Å². The first kappa shape index (κ1) is 15.6. The lowest BCUT2D eigenvalue weighted by molar-refractivity contribution is 0.239. The number of benzene rings is 1. The van der Waals surface area contributed by atoms with E-state index in [-0.39, 0.29) is 23.0 Å². The van der Waals surface area contributed by atoms with E-state index >= 15 is 0 Å². The van der Waals surface area contributed by atoms with E-state index in [0.29, 0.717) is 19.5 Å². The predicted molar refractivity (Wildman–Crippen MR) is 86.5 cm³/mol. The number of phenolic OH excluding ortho intramolecular Hbond substituents is 2. The van der Waals surface area contributed by atoms with Crippen molar-refractivity contribution in [3.05, 3.63) is 51.2 Å². The van der Waals surface area contributed by atoms with Gasteiger partial charge in [0.25, 0.3) is 5.56 Å². The predicted octanol–water partition coefficient (Wildman–Crippen LogP) is 1.86. The largest absolute Gasteiger partial charge is 0.504 e. The average molecular weight is 315 g/mol. The quantitative estimate of drug-likeness (QED) is 0.752. The molecule has 3 rings (SSSR count). The van der Waals surface area contributed by atoms with Gasteiger partial charge in [-0.25, -0.2) is 4.98 Å². The maximum absolute atomic E-state index is 12.2. The maximum Gasteiger partial charge on any atom is 0.254 e. The highest BCUT2D eigenvalue weighted by Crippen LogP contribution is 2.26. The second kappa shape index (κ2) is 6.04. The second-order valence-electron chi connectivity index (χ2n) is 6.31. The van der Waals surface area contributed by atoms with Crippen molar-refractivity contribution in [1.29, 1.82) is 0 Å². The molecule has 23 heavy (non-hydrogen) atoms. The Kier molecular flexibility index (Phi) is 4.09. The fraction of sp³-hybridized carbons (Fsp3) is 0.412. The van der Waals surface area contributed by atoms with Crippen LogP contribution in [0.5, 0.6) is 11.5 Å². The van der Waals surface area contributed by atoms with Gasteiger partial charge in [0.05, 0.1) is 5.69 Å². The molecular weight excluding hydrogens is 294 g/mol. The van der Waals surface area contributed by atoms with Gasteiger partial charge in [-0.2, -0.15) is 0 Å². The monoisotopic (exact) mass is 315 g/mol. The topological polar surface area (TPSA) is 89.5 Å². The van der Waals surface area contributed by atoms with Crippen LogP contribution in [0.3, 0.4) is 0 Å². The van der Waals surface area contributed by atoms with Crippen molar-refractivity contribution in [2.75, 3.05) is 6.54 Å². The number of nitrogens with one attached hydrogen (secondary N) is 1. The summed E-state index contributed by atoms with van der Waals surface area (Å²) in [6.07, 6.45) is 0.667. The molecule has 2 heterocycles. The number of nitrogens with zero attached hydrogens (tertiary/aromatic N) is 2. The Morgan fingerprint density at radius 1 is 1.30 bits per heavy atom. The van der Waals surface area contributed by atoms with Gasteiger partial charge in [-0.05, 0) is 24.1 Å². The lowest BCUT2D eigenvalue weighted by Crippen LogP contribution is -2.35. The van der Waals surface area contributed by atoms with Gasteiger partial charge in [-0.3, -0.25) is 9.69 Å². The fourth-order valence-corrected chi connectivity index (χ4v) is 2.85. The van der Waals surface area contributed by atoms with Crippen LogP contribution in [-0.4, -0.2) is 31.6 Å². The van der Waals surface area contributed by atoms with E-state index in [1.807, 2.05) is 13.8 Å². The molecule has 2 aromatic rings. The molecule has 0 saturated carbocycles. The molecule has 0 amide bonds. The Bertz CT molecular complexity index is 783. The van der Waals surface area contributed by atoms with E-state index in [1.165, 1.54) is 6.07 Å². The zero-order valence-electron chi connectivity index (χ0n) is 13.3. The number of rotatable bonds is 3. The van der Waals surface area contributed by atoms with Crippen molar-refractivity contribution in [1.82, 2.24) is 14.9 Å². The zero-order valence-corrected chi connectivity index (χ0v) is 13.3. The minimum atomic E-state index is -0.118. The first-order valence-corrected chi connectivity index (χ1v) is 7.79. The Morgan fingerprint density at radius 2 is 2.09 bits per heavy atom. The van der Waals surface area contributed by atoms with Crippen LogP contribution in [0.1, 0.15) is 42.4 Å². The number of phenols is 2. The molecule has 3 N–H and O–H groups in total. The number of aromatic hydroxyl groups is 2. The molecule has 0 unspecified atom stereocenters. The Morgan fingerprint density at radius 3 is 2.78 bits per heavy atom. The lowest BCUT2D eigenvalue weighted by Gasteiger charge is -2.28. The maximum atomic E-state index is 12.2. The molecule has 6 nitrogen and oxygen atoms in total. The molecule has 122 valence electrons. The van der Waals surface area contributed by atoms with Crippen LogP contribution in [0.25, 0.3) is 0 Å². The van der Waals surface area contributed by atoms with E-state index in [0.717, 1.165) is 29.2 Å². The smallest absolute Gasteiger partial charge is 0.254 e. The second-order valence-corrected chi connectivity index (χ2v) is 6.31. The van der Waals surface area contributed by atoms with Gasteiger partial charge in [0.2, 0.25) is 0 Å². The molecule has 0 radical (unpaired) electrons. The molecule has 1 aliphatic rings. The molecule has 1 aromatic carbocycles. The van der Waals surface area contributed by atoms with Crippen molar-refractivity contribution in [3.8, 4) is 11.5 Å². The standard InChI is InChI=1S/C17H21N3O3/c1-10(2)16-18-13-9-20(6-5-12(13)17(23)19-16)8-11-3-4-14(21)15(22)7-11/h3-4,7,10,21-22H,5-6,8-9H2,1-2H3,(H,18,19,23). The number of fused-ring (bicyclic) bond motifs is 1. The summed E-state index contributed by atoms with van der Waals surface area (Å²) in [4.78, 5) is 21.8. The fourth-order valence-electron chi connectivity index (χ4n) is 2.85. The lowest BCUT2D eigenvalue weighted by atomic mass is 10.0. The minimum Gasteiger partial charge on any atom is -0.504 e. The molecule has 0 atom stereocenters. The Labute approximate surface area is 134 Å². The van der Waals surface area contributed by atoms with Crippen LogP contribution in [0.15, 0.2) is 23.0 Å². The summed E-state index contributed by atoms with van der Waals surface area (Å²) in [6, 6.07) is 4.84. The van der Waals surface area contributed by atoms with Gasteiger partial charge in [0, 0.05) is 31.1 Å². The summed E-state index contributed by atoms with van der Waals surface area (Å²) < 4.78 is 0. The third kappa shape index (κ3) is 3.22. The van der Waals surface area contributed by atoms with Gasteiger partial charge >= 0.3 is 0 Å². The van der Waals surface area contributed by atoms with Gasteiger partial charge in [0.15, 0.2) is 11.5 Å². The molecule has 0 aliphatic carbocycles. The first-order valence-electron chi connectivity index (χ1n) is 7.79. The normalized spacial score (nSPS) is 14.9. The van der Waals surface area contributed by atoms with Crippen molar-refractivity contribution in [2.24, 2.45) is 0 Å². The van der Waals surface area contributed by atoms with Gasteiger partial charge < -0.3 is 15.2 Å². The van der Waals surface area contributed by atoms with E-state index in [2.05, 4.69) is 14.9 Å². The number of H-pyrrole nitrogens is 1. The minimum absolute atomic E-state index is 0.0272. The molecule has 0 bridgehead atoms. The summed E-state index contributed by atoms with van der Waals surface area (Å²) in [5.41, 5.74) is 2.50. The van der Waals surface area contributed by atoms with Crippen molar-refractivity contribution in [3.63, 3.8) is 0 Å². The summed E-state index contributed by atoms with van der Waals surface area (Å²) in [5.74, 6) is 0.666. The summed E-state index contributed by atoms with van der Waals surface area (Å²) in [7, 11) is 0. The third-order valence-corrected chi connectivity index (χ3v) is 4.16.